The monoisotopic (exact) mass is 281 g/mol. The molecule has 0 saturated carbocycles. The van der Waals surface area contributed by atoms with E-state index in [1.807, 2.05) is 6.92 Å². The molecule has 2 N–H and O–H groups in total. The van der Waals surface area contributed by atoms with Crippen molar-refractivity contribution in [3.63, 3.8) is 0 Å². The zero-order valence-corrected chi connectivity index (χ0v) is 11.5. The van der Waals surface area contributed by atoms with Crippen LogP contribution < -0.4 is 10.6 Å². The summed E-state index contributed by atoms with van der Waals surface area (Å²) in [5, 5.41) is 17.5. The van der Waals surface area contributed by atoms with E-state index >= 15 is 0 Å². The second-order valence-corrected chi connectivity index (χ2v) is 4.95. The Labute approximate surface area is 116 Å². The lowest BCUT2D eigenvalue weighted by molar-refractivity contribution is -0.384. The normalized spacial score (nSPS) is 14.9. The molecular weight excluding hydrogens is 266 g/mol. The van der Waals surface area contributed by atoms with Crippen LogP contribution in [0.25, 0.3) is 0 Å². The molecule has 0 atom stereocenters. The van der Waals surface area contributed by atoms with Gasteiger partial charge in [-0.05, 0) is 31.5 Å². The van der Waals surface area contributed by atoms with Crippen molar-refractivity contribution in [1.82, 2.24) is 5.32 Å². The van der Waals surface area contributed by atoms with Gasteiger partial charge in [0.25, 0.3) is 5.69 Å². The Hall–Kier alpha value is -1.59. The molecule has 0 spiro atoms. The number of nitrogens with one attached hydrogen (secondary N) is 2. The van der Waals surface area contributed by atoms with E-state index < -0.39 is 4.92 Å². The number of nitro benzene ring substituents is 1. The molecule has 102 valence electrons. The Morgan fingerprint density at radius 2 is 2.32 bits per heavy atom. The van der Waals surface area contributed by atoms with Crippen LogP contribution in [0.15, 0.2) is 23.8 Å². The molecule has 6 heteroatoms. The SMILES string of the molecule is Cc1cc([N+](=O)[O-])c(Cl)cc1NCC1=CCNCC1. The van der Waals surface area contributed by atoms with Crippen molar-refractivity contribution >= 4 is 23.0 Å². The fourth-order valence-corrected chi connectivity index (χ4v) is 2.27. The van der Waals surface area contributed by atoms with Crippen LogP contribution in [0.1, 0.15) is 12.0 Å². The topological polar surface area (TPSA) is 67.2 Å². The largest absolute Gasteiger partial charge is 0.381 e. The van der Waals surface area contributed by atoms with Crippen LogP contribution in [-0.4, -0.2) is 24.6 Å². The summed E-state index contributed by atoms with van der Waals surface area (Å²) in [7, 11) is 0. The van der Waals surface area contributed by atoms with E-state index in [4.69, 9.17) is 11.6 Å². The van der Waals surface area contributed by atoms with E-state index in [9.17, 15) is 10.1 Å². The summed E-state index contributed by atoms with van der Waals surface area (Å²) >= 11 is 5.91. The third-order valence-electron chi connectivity index (χ3n) is 3.15. The van der Waals surface area contributed by atoms with Crippen molar-refractivity contribution in [2.45, 2.75) is 13.3 Å². The minimum absolute atomic E-state index is 0.0502. The molecule has 19 heavy (non-hydrogen) atoms. The fraction of sp³-hybridized carbons (Fsp3) is 0.385. The van der Waals surface area contributed by atoms with E-state index in [0.717, 1.165) is 37.3 Å². The third-order valence-corrected chi connectivity index (χ3v) is 3.46. The molecule has 0 aliphatic carbocycles. The van der Waals surface area contributed by atoms with Crippen LogP contribution >= 0.6 is 11.6 Å². The van der Waals surface area contributed by atoms with Crippen LogP contribution in [0, 0.1) is 17.0 Å². The molecule has 1 heterocycles. The van der Waals surface area contributed by atoms with Crippen molar-refractivity contribution in [3.8, 4) is 0 Å². The van der Waals surface area contributed by atoms with Gasteiger partial charge in [-0.2, -0.15) is 0 Å². The predicted molar refractivity (Wildman–Crippen MR) is 76.9 cm³/mol. The molecule has 0 aromatic heterocycles. The average molecular weight is 282 g/mol. The first kappa shape index (κ1) is 13.8. The minimum atomic E-state index is -0.464. The van der Waals surface area contributed by atoms with E-state index in [1.165, 1.54) is 11.6 Å². The molecule has 0 saturated heterocycles. The Morgan fingerprint density at radius 3 is 2.95 bits per heavy atom. The highest BCUT2D eigenvalue weighted by atomic mass is 35.5. The van der Waals surface area contributed by atoms with Gasteiger partial charge in [-0.3, -0.25) is 10.1 Å². The summed E-state index contributed by atoms with van der Waals surface area (Å²) in [4.78, 5) is 10.3. The summed E-state index contributed by atoms with van der Waals surface area (Å²) < 4.78 is 0. The maximum Gasteiger partial charge on any atom is 0.288 e. The first-order valence-electron chi connectivity index (χ1n) is 6.15. The number of halogens is 1. The van der Waals surface area contributed by atoms with Crippen LogP contribution in [-0.2, 0) is 0 Å². The van der Waals surface area contributed by atoms with Gasteiger partial charge < -0.3 is 10.6 Å². The van der Waals surface area contributed by atoms with Crippen molar-refractivity contribution in [2.75, 3.05) is 25.0 Å². The Bertz CT molecular complexity index is 529. The van der Waals surface area contributed by atoms with Crippen LogP contribution in [0.5, 0.6) is 0 Å². The summed E-state index contributed by atoms with van der Waals surface area (Å²) in [5.41, 5.74) is 2.96. The lowest BCUT2D eigenvalue weighted by Gasteiger charge is -2.16. The van der Waals surface area contributed by atoms with E-state index in [2.05, 4.69) is 16.7 Å². The second-order valence-electron chi connectivity index (χ2n) is 4.55. The first-order chi connectivity index (χ1) is 9.08. The molecule has 5 nitrogen and oxygen atoms in total. The summed E-state index contributed by atoms with van der Waals surface area (Å²) in [6.07, 6.45) is 3.19. The van der Waals surface area contributed by atoms with Gasteiger partial charge in [-0.1, -0.05) is 23.3 Å². The van der Waals surface area contributed by atoms with Crippen molar-refractivity contribution in [1.29, 1.82) is 0 Å². The molecule has 0 bridgehead atoms. The van der Waals surface area contributed by atoms with Gasteiger partial charge in [0.05, 0.1) is 4.92 Å². The molecule has 1 aliphatic rings. The predicted octanol–water partition coefficient (Wildman–Crippen LogP) is 2.89. The molecule has 1 aliphatic heterocycles. The lowest BCUT2D eigenvalue weighted by atomic mass is 10.1. The first-order valence-corrected chi connectivity index (χ1v) is 6.53. The Kier molecular flexibility index (Phi) is 4.39. The maximum absolute atomic E-state index is 10.8. The molecule has 2 rings (SSSR count). The molecule has 1 aromatic carbocycles. The van der Waals surface area contributed by atoms with Gasteiger partial charge in [0.15, 0.2) is 0 Å². The van der Waals surface area contributed by atoms with Gasteiger partial charge in [0.2, 0.25) is 0 Å². The Balaban J connectivity index is 2.10. The van der Waals surface area contributed by atoms with Crippen LogP contribution in [0.2, 0.25) is 5.02 Å². The maximum atomic E-state index is 10.8. The van der Waals surface area contributed by atoms with Crippen molar-refractivity contribution in [2.24, 2.45) is 0 Å². The smallest absolute Gasteiger partial charge is 0.288 e. The third kappa shape index (κ3) is 3.45. The number of rotatable bonds is 4. The van der Waals surface area contributed by atoms with Gasteiger partial charge in [0, 0.05) is 24.8 Å². The molecule has 0 radical (unpaired) electrons. The highest BCUT2D eigenvalue weighted by molar-refractivity contribution is 6.33. The van der Waals surface area contributed by atoms with E-state index in [-0.39, 0.29) is 10.7 Å². The fourth-order valence-electron chi connectivity index (χ4n) is 2.04. The number of hydrogen-bond donors (Lipinski definition) is 2. The summed E-state index contributed by atoms with van der Waals surface area (Å²) in [6, 6.07) is 3.12. The Morgan fingerprint density at radius 1 is 1.53 bits per heavy atom. The second kappa shape index (κ2) is 6.04. The molecular formula is C13H16ClN3O2. The van der Waals surface area contributed by atoms with Gasteiger partial charge in [-0.25, -0.2) is 0 Å². The van der Waals surface area contributed by atoms with E-state index in [1.54, 1.807) is 6.07 Å². The number of nitro groups is 1. The summed E-state index contributed by atoms with van der Waals surface area (Å²) in [5.74, 6) is 0. The highest BCUT2D eigenvalue weighted by Gasteiger charge is 2.15. The average Bonchev–Trinajstić information content (AvgIpc) is 2.40. The highest BCUT2D eigenvalue weighted by Crippen LogP contribution is 2.30. The van der Waals surface area contributed by atoms with Crippen molar-refractivity contribution < 1.29 is 4.92 Å². The molecule has 0 unspecified atom stereocenters. The van der Waals surface area contributed by atoms with Gasteiger partial charge in [0.1, 0.15) is 5.02 Å². The standard InChI is InChI=1S/C13H16ClN3O2/c1-9-6-13(17(18)19)11(14)7-12(9)16-8-10-2-4-15-5-3-10/h2,6-7,15-16H,3-5,8H2,1H3. The van der Waals surface area contributed by atoms with E-state index in [0.29, 0.717) is 0 Å². The van der Waals surface area contributed by atoms with Crippen molar-refractivity contribution in [3.05, 3.63) is 44.5 Å². The zero-order valence-electron chi connectivity index (χ0n) is 10.7. The number of aryl methyl sites for hydroxylation is 1. The number of benzene rings is 1. The van der Waals surface area contributed by atoms with Crippen LogP contribution in [0.4, 0.5) is 11.4 Å². The van der Waals surface area contributed by atoms with Gasteiger partial charge >= 0.3 is 0 Å². The minimum Gasteiger partial charge on any atom is -0.381 e. The quantitative estimate of drug-likeness (QED) is 0.506. The molecule has 1 aromatic rings. The van der Waals surface area contributed by atoms with Gasteiger partial charge in [-0.15, -0.1) is 0 Å². The molecule has 0 amide bonds. The molecule has 0 fully saturated rings. The number of nitrogens with zero attached hydrogens (tertiary/aromatic N) is 1. The summed E-state index contributed by atoms with van der Waals surface area (Å²) in [6.45, 7) is 4.48. The zero-order chi connectivity index (χ0) is 13.8. The lowest BCUT2D eigenvalue weighted by Crippen LogP contribution is -2.23. The van der Waals surface area contributed by atoms with Crippen LogP contribution in [0.3, 0.4) is 0 Å². The number of anilines is 1. The number of hydrogen-bond acceptors (Lipinski definition) is 4.